The summed E-state index contributed by atoms with van der Waals surface area (Å²) in [6.45, 7) is 6.08. The van der Waals surface area contributed by atoms with Crippen LogP contribution in [0.4, 0.5) is 5.69 Å². The number of aliphatic hydroxyl groups is 1. The molecule has 1 saturated heterocycles. The molecule has 1 N–H and O–H groups in total. The third kappa shape index (κ3) is 4.96. The molecule has 1 aliphatic heterocycles. The van der Waals surface area contributed by atoms with Crippen LogP contribution in [0.5, 0.6) is 5.75 Å². The summed E-state index contributed by atoms with van der Waals surface area (Å²) >= 11 is 0. The quantitative estimate of drug-likeness (QED) is 0.585. The number of nitro groups is 1. The molecular weight excluding hydrogens is 274 g/mol. The number of nitro benzene ring substituents is 1. The Labute approximate surface area is 123 Å². The number of nitrogens with zero attached hydrogens (tertiary/aromatic N) is 3. The van der Waals surface area contributed by atoms with Gasteiger partial charge in [-0.05, 0) is 6.07 Å². The lowest BCUT2D eigenvalue weighted by Crippen LogP contribution is -2.48. The van der Waals surface area contributed by atoms with Crippen molar-refractivity contribution in [3.63, 3.8) is 0 Å². The Balaban J connectivity index is 1.70. The van der Waals surface area contributed by atoms with E-state index in [1.807, 2.05) is 0 Å². The lowest BCUT2D eigenvalue weighted by molar-refractivity contribution is -0.384. The molecule has 0 atom stereocenters. The zero-order valence-electron chi connectivity index (χ0n) is 12.0. The van der Waals surface area contributed by atoms with Gasteiger partial charge in [-0.2, -0.15) is 0 Å². The lowest BCUT2D eigenvalue weighted by Gasteiger charge is -2.34. The maximum atomic E-state index is 10.7. The van der Waals surface area contributed by atoms with Crippen molar-refractivity contribution in [1.82, 2.24) is 9.80 Å². The molecule has 7 heteroatoms. The number of aliphatic hydroxyl groups excluding tert-OH is 1. The van der Waals surface area contributed by atoms with E-state index in [2.05, 4.69) is 9.80 Å². The van der Waals surface area contributed by atoms with Gasteiger partial charge in [-0.15, -0.1) is 0 Å². The van der Waals surface area contributed by atoms with Gasteiger partial charge in [0, 0.05) is 45.3 Å². The van der Waals surface area contributed by atoms with Crippen LogP contribution in [0.25, 0.3) is 0 Å². The van der Waals surface area contributed by atoms with Crippen LogP contribution in [0.3, 0.4) is 0 Å². The third-order valence-electron chi connectivity index (χ3n) is 3.59. The van der Waals surface area contributed by atoms with Crippen LogP contribution in [0.2, 0.25) is 0 Å². The van der Waals surface area contributed by atoms with E-state index in [0.29, 0.717) is 12.4 Å². The molecule has 0 amide bonds. The monoisotopic (exact) mass is 295 g/mol. The van der Waals surface area contributed by atoms with Gasteiger partial charge < -0.3 is 9.84 Å². The molecule has 2 rings (SSSR count). The highest BCUT2D eigenvalue weighted by Crippen LogP contribution is 2.18. The molecule has 7 nitrogen and oxygen atoms in total. The molecule has 0 radical (unpaired) electrons. The van der Waals surface area contributed by atoms with E-state index in [-0.39, 0.29) is 12.3 Å². The Bertz CT molecular complexity index is 461. The second-order valence-corrected chi connectivity index (χ2v) is 5.01. The van der Waals surface area contributed by atoms with E-state index in [0.717, 1.165) is 39.3 Å². The zero-order valence-corrected chi connectivity index (χ0v) is 12.0. The van der Waals surface area contributed by atoms with Gasteiger partial charge in [-0.25, -0.2) is 0 Å². The fourth-order valence-electron chi connectivity index (χ4n) is 2.36. The maximum absolute atomic E-state index is 10.7. The van der Waals surface area contributed by atoms with Crippen LogP contribution in [0, 0.1) is 10.1 Å². The Morgan fingerprint density at radius 2 is 1.86 bits per heavy atom. The normalized spacial score (nSPS) is 16.8. The summed E-state index contributed by atoms with van der Waals surface area (Å²) in [5, 5.41) is 19.6. The highest BCUT2D eigenvalue weighted by molar-refractivity contribution is 5.37. The first-order valence-electron chi connectivity index (χ1n) is 7.12. The highest BCUT2D eigenvalue weighted by Gasteiger charge is 2.16. The topological polar surface area (TPSA) is 79.1 Å². The van der Waals surface area contributed by atoms with Gasteiger partial charge in [0.15, 0.2) is 0 Å². The Kier molecular flexibility index (Phi) is 5.91. The van der Waals surface area contributed by atoms with Crippen LogP contribution in [-0.2, 0) is 0 Å². The van der Waals surface area contributed by atoms with E-state index in [1.54, 1.807) is 12.1 Å². The van der Waals surface area contributed by atoms with Crippen molar-refractivity contribution in [1.29, 1.82) is 0 Å². The summed E-state index contributed by atoms with van der Waals surface area (Å²) in [7, 11) is 0. The van der Waals surface area contributed by atoms with Gasteiger partial charge in [-0.3, -0.25) is 19.9 Å². The van der Waals surface area contributed by atoms with Crippen LogP contribution >= 0.6 is 0 Å². The second kappa shape index (κ2) is 7.92. The van der Waals surface area contributed by atoms with Crippen LogP contribution in [-0.4, -0.2) is 72.3 Å². The minimum atomic E-state index is -0.423. The second-order valence-electron chi connectivity index (χ2n) is 5.01. The maximum Gasteiger partial charge on any atom is 0.273 e. The number of hydrogen-bond donors (Lipinski definition) is 1. The first-order chi connectivity index (χ1) is 10.2. The summed E-state index contributed by atoms with van der Waals surface area (Å²) in [5.41, 5.74) is 0.0464. The zero-order chi connectivity index (χ0) is 15.1. The summed E-state index contributed by atoms with van der Waals surface area (Å²) in [6, 6.07) is 6.25. The SMILES string of the molecule is O=[N+]([O-])c1cccc(OCCN2CCN(CCO)CC2)c1. The smallest absolute Gasteiger partial charge is 0.273 e. The average Bonchev–Trinajstić information content (AvgIpc) is 2.50. The Hall–Kier alpha value is -1.70. The lowest BCUT2D eigenvalue weighted by atomic mass is 10.3. The molecule has 0 aromatic heterocycles. The number of ether oxygens (including phenoxy) is 1. The van der Waals surface area contributed by atoms with E-state index in [4.69, 9.17) is 9.84 Å². The van der Waals surface area contributed by atoms with Crippen molar-refractivity contribution >= 4 is 5.69 Å². The van der Waals surface area contributed by atoms with Crippen LogP contribution < -0.4 is 4.74 Å². The molecule has 1 aliphatic rings. The van der Waals surface area contributed by atoms with Gasteiger partial charge in [0.1, 0.15) is 12.4 Å². The molecular formula is C14H21N3O4. The van der Waals surface area contributed by atoms with Gasteiger partial charge in [-0.1, -0.05) is 6.07 Å². The molecule has 1 heterocycles. The molecule has 0 bridgehead atoms. The van der Waals surface area contributed by atoms with E-state index < -0.39 is 4.92 Å². The fourth-order valence-corrected chi connectivity index (χ4v) is 2.36. The van der Waals surface area contributed by atoms with Crippen molar-refractivity contribution in [3.05, 3.63) is 34.4 Å². The number of rotatable bonds is 7. The number of hydrogen-bond acceptors (Lipinski definition) is 6. The molecule has 1 fully saturated rings. The average molecular weight is 295 g/mol. The van der Waals surface area contributed by atoms with Crippen molar-refractivity contribution in [2.75, 3.05) is 52.5 Å². The van der Waals surface area contributed by atoms with Gasteiger partial charge in [0.05, 0.1) is 17.6 Å². The number of benzene rings is 1. The van der Waals surface area contributed by atoms with Crippen molar-refractivity contribution in [3.8, 4) is 5.75 Å². The minimum Gasteiger partial charge on any atom is -0.492 e. The van der Waals surface area contributed by atoms with Gasteiger partial charge in [0.2, 0.25) is 0 Å². The molecule has 1 aromatic carbocycles. The van der Waals surface area contributed by atoms with Crippen molar-refractivity contribution in [2.24, 2.45) is 0 Å². The standard InChI is InChI=1S/C14H21N3O4/c18-10-8-15-4-6-16(7-5-15)9-11-21-14-3-1-2-13(12-14)17(19)20/h1-3,12,18H,4-11H2. The Morgan fingerprint density at radius 1 is 1.19 bits per heavy atom. The van der Waals surface area contributed by atoms with Crippen molar-refractivity contribution in [2.45, 2.75) is 0 Å². The first kappa shape index (κ1) is 15.7. The summed E-state index contributed by atoms with van der Waals surface area (Å²) < 4.78 is 5.57. The Morgan fingerprint density at radius 3 is 2.48 bits per heavy atom. The molecule has 1 aromatic rings. The number of β-amino-alcohol motifs (C(OH)–C–C–N with tert-alkyl or cyclic N) is 1. The minimum absolute atomic E-state index is 0.0464. The predicted molar refractivity (Wildman–Crippen MR) is 78.6 cm³/mol. The molecule has 116 valence electrons. The number of piperazine rings is 1. The third-order valence-corrected chi connectivity index (χ3v) is 3.59. The van der Waals surface area contributed by atoms with Crippen LogP contribution in [0.1, 0.15) is 0 Å². The first-order valence-corrected chi connectivity index (χ1v) is 7.12. The van der Waals surface area contributed by atoms with Gasteiger partial charge >= 0.3 is 0 Å². The van der Waals surface area contributed by atoms with Crippen molar-refractivity contribution < 1.29 is 14.8 Å². The van der Waals surface area contributed by atoms with E-state index >= 15 is 0 Å². The molecule has 0 spiro atoms. The highest BCUT2D eigenvalue weighted by atomic mass is 16.6. The molecule has 0 aliphatic carbocycles. The summed E-state index contributed by atoms with van der Waals surface area (Å²) in [4.78, 5) is 14.8. The fraction of sp³-hybridized carbons (Fsp3) is 0.571. The molecule has 0 unspecified atom stereocenters. The van der Waals surface area contributed by atoms with E-state index in [9.17, 15) is 10.1 Å². The van der Waals surface area contributed by atoms with E-state index in [1.165, 1.54) is 12.1 Å². The van der Waals surface area contributed by atoms with Crippen LogP contribution in [0.15, 0.2) is 24.3 Å². The summed E-state index contributed by atoms with van der Waals surface area (Å²) in [5.74, 6) is 0.531. The summed E-state index contributed by atoms with van der Waals surface area (Å²) in [6.07, 6.45) is 0. The molecule has 0 saturated carbocycles. The largest absolute Gasteiger partial charge is 0.492 e. The number of non-ortho nitro benzene ring substituents is 1. The molecule has 21 heavy (non-hydrogen) atoms. The predicted octanol–water partition coefficient (Wildman–Crippen LogP) is 0.583. The van der Waals surface area contributed by atoms with Gasteiger partial charge in [0.25, 0.3) is 5.69 Å².